The second-order valence-electron chi connectivity index (χ2n) is 16.6. The summed E-state index contributed by atoms with van der Waals surface area (Å²) < 4.78 is 13.5. The third-order valence-electron chi connectivity index (χ3n) is 12.1. The molecule has 2 saturated heterocycles. The number of aromatic amines is 2. The summed E-state index contributed by atoms with van der Waals surface area (Å²) in [5, 5.41) is 15.5. The minimum absolute atomic E-state index is 0.118. The number of likely N-dealkylation sites (tertiary alicyclic amines) is 2. The van der Waals surface area contributed by atoms with Gasteiger partial charge in [-0.2, -0.15) is 0 Å². The molecule has 4 atom stereocenters. The number of hydrogen-bond acceptors (Lipinski definition) is 8. The highest BCUT2D eigenvalue weighted by Crippen LogP contribution is 2.40. The van der Waals surface area contributed by atoms with Crippen LogP contribution in [0.3, 0.4) is 0 Å². The maximum atomic E-state index is 13.7. The lowest BCUT2D eigenvalue weighted by Gasteiger charge is -2.30. The van der Waals surface area contributed by atoms with Crippen molar-refractivity contribution in [2.75, 3.05) is 26.8 Å². The summed E-state index contributed by atoms with van der Waals surface area (Å²) in [6, 6.07) is 12.7. The second-order valence-corrected chi connectivity index (χ2v) is 16.6. The summed E-state index contributed by atoms with van der Waals surface area (Å²) in [5.41, 5.74) is 6.67. The number of amides is 4. The molecule has 316 valence electrons. The second kappa shape index (κ2) is 16.7. The molecule has 0 bridgehead atoms. The summed E-state index contributed by atoms with van der Waals surface area (Å²) in [5.74, 6) is 1.44. The van der Waals surface area contributed by atoms with Gasteiger partial charge in [-0.15, -0.1) is 0 Å². The van der Waals surface area contributed by atoms with Crippen LogP contribution in [-0.4, -0.2) is 102 Å². The molecule has 5 aromatic rings. The van der Waals surface area contributed by atoms with Gasteiger partial charge in [-0.1, -0.05) is 39.8 Å². The Morgan fingerprint density at radius 1 is 0.783 bits per heavy atom. The van der Waals surface area contributed by atoms with Crippen LogP contribution in [0, 0.1) is 11.8 Å². The maximum absolute atomic E-state index is 13.7. The van der Waals surface area contributed by atoms with E-state index < -0.39 is 24.3 Å². The van der Waals surface area contributed by atoms with Crippen molar-refractivity contribution in [3.8, 4) is 39.5 Å². The molecule has 2 fully saturated rings. The molecule has 16 heteroatoms. The topological polar surface area (TPSA) is 200 Å². The molecule has 4 amide bonds. The zero-order valence-electron chi connectivity index (χ0n) is 34.7. The van der Waals surface area contributed by atoms with Crippen molar-refractivity contribution in [1.29, 1.82) is 0 Å². The van der Waals surface area contributed by atoms with Crippen LogP contribution in [0.4, 0.5) is 9.59 Å². The lowest BCUT2D eigenvalue weighted by Crippen LogP contribution is -2.51. The zero-order valence-corrected chi connectivity index (χ0v) is 34.7. The van der Waals surface area contributed by atoms with Crippen molar-refractivity contribution < 1.29 is 33.8 Å². The number of H-pyrrole nitrogens is 2. The van der Waals surface area contributed by atoms with Gasteiger partial charge in [0.25, 0.3) is 0 Å². The molecule has 16 nitrogen and oxygen atoms in total. The minimum Gasteiger partial charge on any atom is -0.493 e. The molecule has 2 aromatic carbocycles. The first-order valence-electron chi connectivity index (χ1n) is 20.9. The molecule has 0 spiro atoms. The highest BCUT2D eigenvalue weighted by Gasteiger charge is 2.39. The highest BCUT2D eigenvalue weighted by molar-refractivity contribution is 5.92. The van der Waals surface area contributed by atoms with Crippen LogP contribution >= 0.6 is 0 Å². The largest absolute Gasteiger partial charge is 0.493 e. The minimum atomic E-state index is -1.22. The van der Waals surface area contributed by atoms with Gasteiger partial charge >= 0.3 is 12.2 Å². The van der Waals surface area contributed by atoms with Crippen LogP contribution in [0.25, 0.3) is 44.7 Å². The highest BCUT2D eigenvalue weighted by atomic mass is 16.5. The molecule has 3 aliphatic rings. The molecule has 2 unspecified atom stereocenters. The number of rotatable bonds is 10. The number of nitrogens with zero attached hydrogens (tertiary/aromatic N) is 5. The number of methoxy groups -OCH3 is 1. The third-order valence-corrected chi connectivity index (χ3v) is 12.1. The van der Waals surface area contributed by atoms with Crippen molar-refractivity contribution in [2.24, 2.45) is 11.8 Å². The quantitative estimate of drug-likeness (QED) is 0.0998. The monoisotopic (exact) mass is 819 g/mol. The molecular formula is C44H53N9O7. The summed E-state index contributed by atoms with van der Waals surface area (Å²) in [6.07, 6.45) is 5.71. The fraction of sp³-hybridized carbons (Fsp3) is 0.455. The summed E-state index contributed by atoms with van der Waals surface area (Å²) in [4.78, 5) is 70.7. The Kier molecular flexibility index (Phi) is 11.3. The van der Waals surface area contributed by atoms with E-state index in [9.17, 15) is 24.3 Å². The van der Waals surface area contributed by atoms with E-state index in [1.54, 1.807) is 11.1 Å². The van der Waals surface area contributed by atoms with Crippen molar-refractivity contribution in [1.82, 2.24) is 44.9 Å². The third kappa shape index (κ3) is 7.77. The van der Waals surface area contributed by atoms with Crippen molar-refractivity contribution in [2.45, 2.75) is 90.5 Å². The summed E-state index contributed by atoms with van der Waals surface area (Å²) in [7, 11) is 1.29. The fourth-order valence-corrected chi connectivity index (χ4v) is 8.97. The Labute approximate surface area is 348 Å². The van der Waals surface area contributed by atoms with E-state index in [4.69, 9.17) is 19.4 Å². The number of carboxylic acid groups (broad SMARTS) is 1. The van der Waals surface area contributed by atoms with Gasteiger partial charge in [0.2, 0.25) is 11.8 Å². The Bertz CT molecular complexity index is 2410. The standard InChI is InChI=1S/C44H53N9O7/c1-24(2)37(49-43(56)57)41(54)52-15-6-9-33(52)40-46-23-31(48-40)27-11-13-29-35-20-28-19-26(12-14-32(28)51(35)17-8-18-60-36(29)21-27)30-22-45-39(47-30)34-10-7-16-53(34)42(55)38(25(3)4)50-44(58)59-5/h11-14,19-25,33-34,37-38,49H,6-10,15-18H2,1-5H3,(H,45,47)(H,46,48)(H,50,58)(H,56,57)/t33-,34-,37?,38?/m0/s1. The predicted molar refractivity (Wildman–Crippen MR) is 224 cm³/mol. The van der Waals surface area contributed by atoms with E-state index in [2.05, 4.69) is 61.6 Å². The first-order valence-corrected chi connectivity index (χ1v) is 20.9. The van der Waals surface area contributed by atoms with E-state index in [1.165, 1.54) is 7.11 Å². The Morgan fingerprint density at radius 3 is 1.95 bits per heavy atom. The molecular weight excluding hydrogens is 767 g/mol. The van der Waals surface area contributed by atoms with Crippen molar-refractivity contribution in [3.63, 3.8) is 0 Å². The van der Waals surface area contributed by atoms with Gasteiger partial charge in [0, 0.05) is 47.2 Å². The maximum Gasteiger partial charge on any atom is 0.407 e. The van der Waals surface area contributed by atoms with Crippen LogP contribution in [0.15, 0.2) is 54.9 Å². The number of imidazole rings is 2. The number of aromatic nitrogens is 5. The number of nitrogens with one attached hydrogen (secondary N) is 4. The normalized spacial score (nSPS) is 18.7. The number of fused-ring (bicyclic) bond motifs is 5. The smallest absolute Gasteiger partial charge is 0.407 e. The van der Waals surface area contributed by atoms with E-state index in [1.807, 2.05) is 44.9 Å². The van der Waals surface area contributed by atoms with Gasteiger partial charge in [0.05, 0.1) is 55.3 Å². The van der Waals surface area contributed by atoms with Gasteiger partial charge < -0.3 is 49.5 Å². The lowest BCUT2D eigenvalue weighted by molar-refractivity contribution is -0.136. The van der Waals surface area contributed by atoms with Crippen molar-refractivity contribution >= 4 is 34.9 Å². The molecule has 60 heavy (non-hydrogen) atoms. The van der Waals surface area contributed by atoms with Crippen LogP contribution in [0.5, 0.6) is 5.75 Å². The first kappa shape index (κ1) is 40.5. The number of aryl methyl sites for hydroxylation is 1. The zero-order chi connectivity index (χ0) is 42.2. The van der Waals surface area contributed by atoms with Gasteiger partial charge in [0.1, 0.15) is 29.5 Å². The van der Waals surface area contributed by atoms with E-state index in [0.29, 0.717) is 31.3 Å². The molecule has 3 aliphatic heterocycles. The molecule has 5 N–H and O–H groups in total. The number of alkyl carbamates (subject to hydrolysis) is 1. The van der Waals surface area contributed by atoms with Gasteiger partial charge in [0.15, 0.2) is 0 Å². The summed E-state index contributed by atoms with van der Waals surface area (Å²) >= 11 is 0. The van der Waals surface area contributed by atoms with Crippen LogP contribution in [-0.2, 0) is 20.9 Å². The van der Waals surface area contributed by atoms with Crippen LogP contribution in [0.2, 0.25) is 0 Å². The SMILES string of the molecule is COC(=O)NC(C(=O)N1CCC[C@H]1c1ncc(-c2ccc3c(c2)cc2n3CCCOc3cc(-c4cnc([C@@H]5CCCN5C(=O)C(NC(=O)O)C(C)C)[nH]4)ccc3-2)[nH]1)C(C)C. The first-order chi connectivity index (χ1) is 28.9. The Hall–Kier alpha value is -6.32. The fourth-order valence-electron chi connectivity index (χ4n) is 8.97. The molecule has 3 aromatic heterocycles. The van der Waals surface area contributed by atoms with Gasteiger partial charge in [-0.3, -0.25) is 9.59 Å². The number of ether oxygens (including phenoxy) is 2. The Balaban J connectivity index is 1.03. The lowest BCUT2D eigenvalue weighted by atomic mass is 10.0. The average molecular weight is 820 g/mol. The van der Waals surface area contributed by atoms with E-state index in [-0.39, 0.29) is 35.7 Å². The summed E-state index contributed by atoms with van der Waals surface area (Å²) in [6.45, 7) is 9.94. The number of benzene rings is 2. The number of hydrogen-bond donors (Lipinski definition) is 5. The Morgan fingerprint density at radius 2 is 1.37 bits per heavy atom. The molecule has 8 rings (SSSR count). The van der Waals surface area contributed by atoms with E-state index in [0.717, 1.165) is 89.1 Å². The molecule has 6 heterocycles. The predicted octanol–water partition coefficient (Wildman–Crippen LogP) is 6.87. The van der Waals surface area contributed by atoms with Gasteiger partial charge in [-0.25, -0.2) is 19.6 Å². The van der Waals surface area contributed by atoms with Crippen molar-refractivity contribution in [3.05, 3.63) is 66.5 Å². The van der Waals surface area contributed by atoms with E-state index >= 15 is 0 Å². The molecule has 0 aliphatic carbocycles. The van der Waals surface area contributed by atoms with Gasteiger partial charge in [-0.05, 0) is 74.3 Å². The molecule has 0 radical (unpaired) electrons. The van der Waals surface area contributed by atoms with Crippen LogP contribution in [0.1, 0.15) is 83.5 Å². The number of carbonyl (C=O) groups excluding carboxylic acids is 3. The number of carbonyl (C=O) groups is 4. The van der Waals surface area contributed by atoms with Crippen LogP contribution < -0.4 is 15.4 Å². The average Bonchev–Trinajstić information content (AvgIpc) is 4.08. The molecule has 0 saturated carbocycles.